The highest BCUT2D eigenvalue weighted by molar-refractivity contribution is 9.10. The number of nitriles is 1. The molecule has 4 heteroatoms. The van der Waals surface area contributed by atoms with Gasteiger partial charge in [0.2, 0.25) is 0 Å². The van der Waals surface area contributed by atoms with Gasteiger partial charge in [-0.05, 0) is 46.3 Å². The minimum absolute atomic E-state index is 0.495. The van der Waals surface area contributed by atoms with E-state index in [1.807, 2.05) is 6.07 Å². The van der Waals surface area contributed by atoms with E-state index in [0.29, 0.717) is 22.1 Å². The fourth-order valence-electron chi connectivity index (χ4n) is 1.32. The van der Waals surface area contributed by atoms with Crippen LogP contribution in [0.5, 0.6) is 11.5 Å². The third-order valence-electron chi connectivity index (χ3n) is 2.12. The lowest BCUT2D eigenvalue weighted by atomic mass is 10.2. The zero-order valence-electron chi connectivity index (χ0n) is 8.65. The number of benzene rings is 2. The molecule has 84 valence electrons. The molecule has 0 saturated heterocycles. The van der Waals surface area contributed by atoms with E-state index < -0.39 is 0 Å². The molecule has 0 aliphatic heterocycles. The van der Waals surface area contributed by atoms with E-state index in [0.717, 1.165) is 4.47 Å². The fourth-order valence-corrected chi connectivity index (χ4v) is 2.09. The van der Waals surface area contributed by atoms with Gasteiger partial charge in [0, 0.05) is 5.02 Å². The highest BCUT2D eigenvalue weighted by atomic mass is 79.9. The second-order valence-corrected chi connectivity index (χ2v) is 4.58. The molecule has 0 heterocycles. The van der Waals surface area contributed by atoms with Crippen molar-refractivity contribution in [2.24, 2.45) is 0 Å². The van der Waals surface area contributed by atoms with Crippen LogP contribution in [0.3, 0.4) is 0 Å². The maximum absolute atomic E-state index is 8.95. The number of ether oxygens (including phenoxy) is 1. The average molecular weight is 309 g/mol. The molecule has 0 aromatic heterocycles. The minimum Gasteiger partial charge on any atom is -0.455 e. The van der Waals surface area contributed by atoms with Crippen LogP contribution in [-0.4, -0.2) is 0 Å². The molecule has 2 rings (SSSR count). The van der Waals surface area contributed by atoms with E-state index in [1.54, 1.807) is 36.4 Å². The average Bonchev–Trinajstić information content (AvgIpc) is 2.33. The predicted molar refractivity (Wildman–Crippen MR) is 70.4 cm³/mol. The largest absolute Gasteiger partial charge is 0.455 e. The minimum atomic E-state index is 0.495. The molecule has 17 heavy (non-hydrogen) atoms. The number of para-hydroxylation sites is 1. The molecule has 0 aliphatic rings. The first kappa shape index (κ1) is 12.0. The second-order valence-electron chi connectivity index (χ2n) is 3.28. The molecule has 2 aromatic carbocycles. The number of hydrogen-bond acceptors (Lipinski definition) is 2. The highest BCUT2D eigenvalue weighted by Gasteiger charge is 2.06. The van der Waals surface area contributed by atoms with Crippen LogP contribution >= 0.6 is 27.5 Å². The van der Waals surface area contributed by atoms with Gasteiger partial charge in [-0.3, -0.25) is 0 Å². The molecule has 0 unspecified atom stereocenters. The summed E-state index contributed by atoms with van der Waals surface area (Å²) in [6, 6.07) is 14.4. The molecule has 0 N–H and O–H groups in total. The summed E-state index contributed by atoms with van der Waals surface area (Å²) in [7, 11) is 0. The fraction of sp³-hybridized carbons (Fsp3) is 0. The van der Waals surface area contributed by atoms with Crippen LogP contribution in [-0.2, 0) is 0 Å². The standard InChI is InChI=1S/C13H7BrClNO/c14-11-7-10(15)5-6-13(11)17-12-4-2-1-3-9(12)8-16/h1-7H. The van der Waals surface area contributed by atoms with Gasteiger partial charge >= 0.3 is 0 Å². The maximum Gasteiger partial charge on any atom is 0.145 e. The van der Waals surface area contributed by atoms with Crippen LogP contribution in [0.1, 0.15) is 5.56 Å². The molecule has 0 radical (unpaired) electrons. The van der Waals surface area contributed by atoms with E-state index >= 15 is 0 Å². The number of rotatable bonds is 2. The highest BCUT2D eigenvalue weighted by Crippen LogP contribution is 2.32. The molecule has 0 amide bonds. The van der Waals surface area contributed by atoms with Gasteiger partial charge in [0.25, 0.3) is 0 Å². The van der Waals surface area contributed by atoms with Gasteiger partial charge in [-0.1, -0.05) is 23.7 Å². The van der Waals surface area contributed by atoms with Crippen molar-refractivity contribution < 1.29 is 4.74 Å². The molecular weight excluding hydrogens is 302 g/mol. The first-order chi connectivity index (χ1) is 8.20. The number of nitrogens with zero attached hydrogens (tertiary/aromatic N) is 1. The van der Waals surface area contributed by atoms with Crippen molar-refractivity contribution in [2.75, 3.05) is 0 Å². The first-order valence-electron chi connectivity index (χ1n) is 4.83. The normalized spacial score (nSPS) is 9.71. The van der Waals surface area contributed by atoms with Gasteiger partial charge in [-0.2, -0.15) is 5.26 Å². The SMILES string of the molecule is N#Cc1ccccc1Oc1ccc(Cl)cc1Br. The van der Waals surface area contributed by atoms with Crippen molar-refractivity contribution in [3.05, 3.63) is 57.5 Å². The van der Waals surface area contributed by atoms with Crippen LogP contribution in [0.4, 0.5) is 0 Å². The van der Waals surface area contributed by atoms with Crippen molar-refractivity contribution in [1.29, 1.82) is 5.26 Å². The number of hydrogen-bond donors (Lipinski definition) is 0. The molecule has 0 spiro atoms. The molecule has 2 aromatic rings. The van der Waals surface area contributed by atoms with Crippen LogP contribution < -0.4 is 4.74 Å². The summed E-state index contributed by atoms with van der Waals surface area (Å²) in [6.07, 6.45) is 0. The molecule has 0 aliphatic carbocycles. The predicted octanol–water partition coefficient (Wildman–Crippen LogP) is 4.77. The first-order valence-corrected chi connectivity index (χ1v) is 6.00. The van der Waals surface area contributed by atoms with E-state index in [4.69, 9.17) is 21.6 Å². The number of halogens is 2. The van der Waals surface area contributed by atoms with Gasteiger partial charge in [0.1, 0.15) is 17.6 Å². The Balaban J connectivity index is 2.35. The molecule has 2 nitrogen and oxygen atoms in total. The van der Waals surface area contributed by atoms with Crippen molar-refractivity contribution >= 4 is 27.5 Å². The lowest BCUT2D eigenvalue weighted by molar-refractivity contribution is 0.478. The maximum atomic E-state index is 8.95. The summed E-state index contributed by atoms with van der Waals surface area (Å²) < 4.78 is 6.41. The Morgan fingerprint density at radius 2 is 1.88 bits per heavy atom. The van der Waals surface area contributed by atoms with Crippen molar-refractivity contribution in [1.82, 2.24) is 0 Å². The van der Waals surface area contributed by atoms with Gasteiger partial charge in [0.15, 0.2) is 0 Å². The third-order valence-corrected chi connectivity index (χ3v) is 2.98. The van der Waals surface area contributed by atoms with E-state index in [1.165, 1.54) is 0 Å². The summed E-state index contributed by atoms with van der Waals surface area (Å²) in [4.78, 5) is 0. The lowest BCUT2D eigenvalue weighted by Crippen LogP contribution is -1.88. The Hall–Kier alpha value is -1.50. The summed E-state index contributed by atoms with van der Waals surface area (Å²) in [5.74, 6) is 1.15. The zero-order chi connectivity index (χ0) is 12.3. The Morgan fingerprint density at radius 3 is 2.59 bits per heavy atom. The van der Waals surface area contributed by atoms with Gasteiger partial charge in [0.05, 0.1) is 10.0 Å². The monoisotopic (exact) mass is 307 g/mol. The topological polar surface area (TPSA) is 33.0 Å². The van der Waals surface area contributed by atoms with Crippen LogP contribution in [0.25, 0.3) is 0 Å². The van der Waals surface area contributed by atoms with Crippen molar-refractivity contribution in [3.8, 4) is 17.6 Å². The van der Waals surface area contributed by atoms with E-state index in [9.17, 15) is 0 Å². The quantitative estimate of drug-likeness (QED) is 0.801. The molecule has 0 atom stereocenters. The van der Waals surface area contributed by atoms with E-state index in [-0.39, 0.29) is 0 Å². The Labute approximate surface area is 113 Å². The Morgan fingerprint density at radius 1 is 1.12 bits per heavy atom. The summed E-state index contributed by atoms with van der Waals surface area (Å²) in [6.45, 7) is 0. The third kappa shape index (κ3) is 2.79. The molecular formula is C13H7BrClNO. The van der Waals surface area contributed by atoms with Crippen LogP contribution in [0, 0.1) is 11.3 Å². The van der Waals surface area contributed by atoms with Crippen molar-refractivity contribution in [2.45, 2.75) is 0 Å². The van der Waals surface area contributed by atoms with Gasteiger partial charge < -0.3 is 4.74 Å². The summed E-state index contributed by atoms with van der Waals surface area (Å²) in [5.41, 5.74) is 0.495. The van der Waals surface area contributed by atoms with Gasteiger partial charge in [-0.25, -0.2) is 0 Å². The van der Waals surface area contributed by atoms with Crippen LogP contribution in [0.2, 0.25) is 5.02 Å². The van der Waals surface area contributed by atoms with Crippen molar-refractivity contribution in [3.63, 3.8) is 0 Å². The molecule has 0 fully saturated rings. The smallest absolute Gasteiger partial charge is 0.145 e. The summed E-state index contributed by atoms with van der Waals surface area (Å²) in [5, 5.41) is 9.57. The zero-order valence-corrected chi connectivity index (χ0v) is 11.0. The lowest BCUT2D eigenvalue weighted by Gasteiger charge is -2.08. The van der Waals surface area contributed by atoms with Gasteiger partial charge in [-0.15, -0.1) is 0 Å². The molecule has 0 bridgehead atoms. The second kappa shape index (κ2) is 5.22. The molecule has 0 saturated carbocycles. The Kier molecular flexibility index (Phi) is 3.68. The summed E-state index contributed by atoms with van der Waals surface area (Å²) >= 11 is 9.20. The van der Waals surface area contributed by atoms with Crippen LogP contribution in [0.15, 0.2) is 46.9 Å². The van der Waals surface area contributed by atoms with E-state index in [2.05, 4.69) is 22.0 Å². The Bertz CT molecular complexity index is 592.